The lowest BCUT2D eigenvalue weighted by Crippen LogP contribution is -2.95. The zero-order chi connectivity index (χ0) is 13.5. The number of hydrogen-bond acceptors (Lipinski definition) is 2. The molecule has 18 heavy (non-hydrogen) atoms. The first kappa shape index (κ1) is 14.5. The number of ether oxygens (including phenoxy) is 1. The molecule has 1 amide bonds. The van der Waals surface area contributed by atoms with Crippen molar-refractivity contribution < 1.29 is 14.8 Å². The van der Waals surface area contributed by atoms with E-state index >= 15 is 0 Å². The molecule has 0 saturated carbocycles. The number of amides is 1. The van der Waals surface area contributed by atoms with Crippen LogP contribution in [0.4, 0.5) is 0 Å². The van der Waals surface area contributed by atoms with Gasteiger partial charge in [-0.15, -0.1) is 0 Å². The van der Waals surface area contributed by atoms with Crippen LogP contribution in [0.25, 0.3) is 0 Å². The van der Waals surface area contributed by atoms with Crippen LogP contribution in [-0.2, 0) is 11.3 Å². The van der Waals surface area contributed by atoms with Gasteiger partial charge >= 0.3 is 0 Å². The molecule has 1 aromatic rings. The summed E-state index contributed by atoms with van der Waals surface area (Å²) in [6, 6.07) is 8.07. The Morgan fingerprint density at radius 1 is 1.28 bits per heavy atom. The highest BCUT2D eigenvalue weighted by Crippen LogP contribution is 2.10. The first-order valence-corrected chi connectivity index (χ1v) is 6.28. The maximum atomic E-state index is 11.8. The van der Waals surface area contributed by atoms with Gasteiger partial charge in [0.15, 0.2) is 6.04 Å². The molecule has 0 bridgehead atoms. The number of carbonyl (C=O) groups is 1. The summed E-state index contributed by atoms with van der Waals surface area (Å²) in [5, 5.41) is 4.98. The summed E-state index contributed by atoms with van der Waals surface area (Å²) in [4.78, 5) is 11.8. The summed E-state index contributed by atoms with van der Waals surface area (Å²) in [7, 11) is 1.64. The van der Waals surface area contributed by atoms with Crippen molar-refractivity contribution >= 4 is 5.91 Å². The minimum absolute atomic E-state index is 0.0525. The highest BCUT2D eigenvalue weighted by molar-refractivity contribution is 5.79. The van der Waals surface area contributed by atoms with Crippen molar-refractivity contribution in [3.8, 4) is 5.75 Å². The van der Waals surface area contributed by atoms with Crippen molar-refractivity contribution in [1.29, 1.82) is 0 Å². The molecule has 0 fully saturated rings. The monoisotopic (exact) mass is 251 g/mol. The third-order valence-electron chi connectivity index (χ3n) is 2.71. The van der Waals surface area contributed by atoms with Crippen molar-refractivity contribution in [3.05, 3.63) is 29.8 Å². The quantitative estimate of drug-likeness (QED) is 0.781. The number of nitrogens with one attached hydrogen (secondary N) is 1. The molecular weight excluding hydrogens is 228 g/mol. The molecule has 4 heteroatoms. The van der Waals surface area contributed by atoms with Crippen molar-refractivity contribution in [2.24, 2.45) is 0 Å². The summed E-state index contributed by atoms with van der Waals surface area (Å²) in [5.74, 6) is 0.895. The zero-order valence-corrected chi connectivity index (χ0v) is 11.6. The Morgan fingerprint density at radius 2 is 1.89 bits per heavy atom. The molecular formula is C14H23N2O2+. The van der Waals surface area contributed by atoms with E-state index in [4.69, 9.17) is 4.74 Å². The van der Waals surface area contributed by atoms with Gasteiger partial charge in [0.25, 0.3) is 5.91 Å². The average molecular weight is 251 g/mol. The fourth-order valence-electron chi connectivity index (χ4n) is 1.76. The third-order valence-corrected chi connectivity index (χ3v) is 2.71. The maximum absolute atomic E-state index is 11.8. The van der Waals surface area contributed by atoms with Crippen LogP contribution >= 0.6 is 0 Å². The molecule has 0 spiro atoms. The highest BCUT2D eigenvalue weighted by Gasteiger charge is 2.16. The normalized spacial score (nSPS) is 12.3. The molecule has 0 unspecified atom stereocenters. The number of hydrogen-bond donors (Lipinski definition) is 2. The van der Waals surface area contributed by atoms with Crippen LogP contribution in [0.5, 0.6) is 5.75 Å². The summed E-state index contributed by atoms with van der Waals surface area (Å²) in [6.45, 7) is 6.63. The van der Waals surface area contributed by atoms with Gasteiger partial charge in [0.2, 0.25) is 0 Å². The van der Waals surface area contributed by atoms with Crippen molar-refractivity contribution in [2.45, 2.75) is 39.4 Å². The average Bonchev–Trinajstić information content (AvgIpc) is 2.35. The number of benzene rings is 1. The second-order valence-corrected chi connectivity index (χ2v) is 4.79. The van der Waals surface area contributed by atoms with Gasteiger partial charge in [-0.3, -0.25) is 4.79 Å². The summed E-state index contributed by atoms with van der Waals surface area (Å²) < 4.78 is 5.08. The number of methoxy groups -OCH3 is 1. The van der Waals surface area contributed by atoms with Gasteiger partial charge in [0.1, 0.15) is 5.75 Å². The van der Waals surface area contributed by atoms with E-state index in [1.807, 2.05) is 36.5 Å². The molecule has 0 aliphatic heterocycles. The fraction of sp³-hybridized carbons (Fsp3) is 0.500. The molecule has 0 radical (unpaired) electrons. The molecule has 1 atom stereocenters. The van der Waals surface area contributed by atoms with Crippen LogP contribution in [0, 0.1) is 0 Å². The SMILES string of the molecule is COc1ccc(CNC(=O)[C@@H](C)[NH2+]C(C)C)cc1. The molecule has 0 heterocycles. The second kappa shape index (κ2) is 7.01. The van der Waals surface area contributed by atoms with Gasteiger partial charge in [0, 0.05) is 6.54 Å². The Labute approximate surface area is 109 Å². The van der Waals surface area contributed by atoms with Crippen molar-refractivity contribution in [2.75, 3.05) is 7.11 Å². The Bertz CT molecular complexity index is 374. The van der Waals surface area contributed by atoms with E-state index in [1.54, 1.807) is 7.11 Å². The minimum Gasteiger partial charge on any atom is -0.497 e. The first-order chi connectivity index (χ1) is 8.52. The molecule has 4 nitrogen and oxygen atoms in total. The molecule has 100 valence electrons. The lowest BCUT2D eigenvalue weighted by Gasteiger charge is -2.13. The smallest absolute Gasteiger partial charge is 0.278 e. The number of nitrogens with two attached hydrogens (primary N) is 1. The highest BCUT2D eigenvalue weighted by atomic mass is 16.5. The van der Waals surface area contributed by atoms with Crippen LogP contribution in [0.1, 0.15) is 26.3 Å². The molecule has 1 rings (SSSR count). The fourth-order valence-corrected chi connectivity index (χ4v) is 1.76. The predicted octanol–water partition coefficient (Wildman–Crippen LogP) is 0.672. The van der Waals surface area contributed by atoms with Crippen molar-refractivity contribution in [1.82, 2.24) is 5.32 Å². The predicted molar refractivity (Wildman–Crippen MR) is 71.4 cm³/mol. The third kappa shape index (κ3) is 4.75. The minimum atomic E-state index is -0.0525. The maximum Gasteiger partial charge on any atom is 0.278 e. The lowest BCUT2D eigenvalue weighted by atomic mass is 10.2. The first-order valence-electron chi connectivity index (χ1n) is 6.28. The Hall–Kier alpha value is -1.55. The van der Waals surface area contributed by atoms with E-state index < -0.39 is 0 Å². The lowest BCUT2D eigenvalue weighted by molar-refractivity contribution is -0.700. The number of quaternary nitrogens is 1. The van der Waals surface area contributed by atoms with Gasteiger partial charge in [-0.2, -0.15) is 0 Å². The standard InChI is InChI=1S/C14H22N2O2/c1-10(2)16-11(3)14(17)15-9-12-5-7-13(18-4)8-6-12/h5-8,10-11,16H,9H2,1-4H3,(H,15,17)/p+1/t11-/m1/s1. The summed E-state index contributed by atoms with van der Waals surface area (Å²) in [6.07, 6.45) is 0. The van der Waals surface area contributed by atoms with Gasteiger partial charge in [-0.1, -0.05) is 12.1 Å². The van der Waals surface area contributed by atoms with E-state index in [9.17, 15) is 4.79 Å². The van der Waals surface area contributed by atoms with Gasteiger partial charge < -0.3 is 15.4 Å². The molecule has 0 saturated heterocycles. The number of rotatable bonds is 6. The van der Waals surface area contributed by atoms with Gasteiger partial charge in [-0.25, -0.2) is 0 Å². The van der Waals surface area contributed by atoms with E-state index in [1.165, 1.54) is 0 Å². The van der Waals surface area contributed by atoms with Crippen LogP contribution in [0.15, 0.2) is 24.3 Å². The topological polar surface area (TPSA) is 54.9 Å². The van der Waals surface area contributed by atoms with Crippen LogP contribution in [0.2, 0.25) is 0 Å². The Kier molecular flexibility index (Phi) is 5.65. The van der Waals surface area contributed by atoms with E-state index in [2.05, 4.69) is 19.2 Å². The van der Waals surface area contributed by atoms with Gasteiger partial charge in [0.05, 0.1) is 13.2 Å². The molecule has 3 N–H and O–H groups in total. The largest absolute Gasteiger partial charge is 0.497 e. The Morgan fingerprint density at radius 3 is 2.39 bits per heavy atom. The molecule has 0 aliphatic carbocycles. The van der Waals surface area contributed by atoms with Gasteiger partial charge in [-0.05, 0) is 38.5 Å². The molecule has 0 aliphatic rings. The van der Waals surface area contributed by atoms with Crippen LogP contribution < -0.4 is 15.4 Å². The van der Waals surface area contributed by atoms with Crippen LogP contribution in [0.3, 0.4) is 0 Å². The zero-order valence-electron chi connectivity index (χ0n) is 11.6. The van der Waals surface area contributed by atoms with E-state index in [0.29, 0.717) is 12.6 Å². The van der Waals surface area contributed by atoms with Crippen molar-refractivity contribution in [3.63, 3.8) is 0 Å². The van der Waals surface area contributed by atoms with E-state index in [-0.39, 0.29) is 11.9 Å². The molecule has 1 aromatic carbocycles. The summed E-state index contributed by atoms with van der Waals surface area (Å²) in [5.41, 5.74) is 1.07. The van der Waals surface area contributed by atoms with Crippen LogP contribution in [-0.4, -0.2) is 25.1 Å². The second-order valence-electron chi connectivity index (χ2n) is 4.79. The number of carbonyl (C=O) groups excluding carboxylic acids is 1. The Balaban J connectivity index is 2.41. The molecule has 0 aromatic heterocycles. The van der Waals surface area contributed by atoms with E-state index in [0.717, 1.165) is 11.3 Å². The summed E-state index contributed by atoms with van der Waals surface area (Å²) >= 11 is 0.